The Labute approximate surface area is 77.8 Å². The van der Waals surface area contributed by atoms with Crippen molar-refractivity contribution in [3.8, 4) is 0 Å². The van der Waals surface area contributed by atoms with E-state index >= 15 is 0 Å². The predicted octanol–water partition coefficient (Wildman–Crippen LogP) is 3.09. The van der Waals surface area contributed by atoms with Gasteiger partial charge in [0.2, 0.25) is 0 Å². The molecule has 1 unspecified atom stereocenters. The summed E-state index contributed by atoms with van der Waals surface area (Å²) in [5.74, 6) is -0.225. The van der Waals surface area contributed by atoms with Crippen molar-refractivity contribution in [3.05, 3.63) is 48.3 Å². The van der Waals surface area contributed by atoms with Gasteiger partial charge in [-0.1, -0.05) is 18.2 Å². The summed E-state index contributed by atoms with van der Waals surface area (Å²) in [5, 5.41) is 0. The number of hydrogen-bond acceptors (Lipinski definition) is 1. The molecule has 1 aromatic carbocycles. The summed E-state index contributed by atoms with van der Waals surface area (Å²) in [4.78, 5) is 0. The molecule has 0 fully saturated rings. The van der Waals surface area contributed by atoms with Crippen molar-refractivity contribution >= 4 is 0 Å². The fourth-order valence-electron chi connectivity index (χ4n) is 1.20. The first kappa shape index (κ1) is 9.93. The van der Waals surface area contributed by atoms with Gasteiger partial charge in [-0.05, 0) is 24.1 Å². The minimum Gasteiger partial charge on any atom is -0.376 e. The zero-order valence-electron chi connectivity index (χ0n) is 7.66. The molecule has 0 spiro atoms. The summed E-state index contributed by atoms with van der Waals surface area (Å²) < 4.78 is 17.8. The third-order valence-electron chi connectivity index (χ3n) is 1.91. The minimum atomic E-state index is -0.225. The van der Waals surface area contributed by atoms with Crippen LogP contribution in [0.3, 0.4) is 0 Å². The van der Waals surface area contributed by atoms with E-state index in [4.69, 9.17) is 4.74 Å². The van der Waals surface area contributed by atoms with E-state index in [0.717, 1.165) is 12.0 Å². The van der Waals surface area contributed by atoms with Crippen LogP contribution >= 0.6 is 0 Å². The van der Waals surface area contributed by atoms with E-state index in [9.17, 15) is 4.39 Å². The maximum atomic E-state index is 12.6. The van der Waals surface area contributed by atoms with Crippen molar-refractivity contribution in [1.29, 1.82) is 0 Å². The molecule has 0 amide bonds. The van der Waals surface area contributed by atoms with E-state index in [-0.39, 0.29) is 11.9 Å². The normalized spacial score (nSPS) is 12.5. The molecule has 0 aromatic heterocycles. The van der Waals surface area contributed by atoms with Gasteiger partial charge in [0.15, 0.2) is 0 Å². The molecule has 2 heteroatoms. The van der Waals surface area contributed by atoms with Gasteiger partial charge in [0.25, 0.3) is 0 Å². The van der Waals surface area contributed by atoms with Gasteiger partial charge in [-0.25, -0.2) is 4.39 Å². The lowest BCUT2D eigenvalue weighted by molar-refractivity contribution is 0.106. The fourth-order valence-corrected chi connectivity index (χ4v) is 1.20. The van der Waals surface area contributed by atoms with Crippen LogP contribution in [-0.2, 0) is 4.74 Å². The third-order valence-corrected chi connectivity index (χ3v) is 1.91. The van der Waals surface area contributed by atoms with E-state index in [0.29, 0.717) is 0 Å². The summed E-state index contributed by atoms with van der Waals surface area (Å²) in [6.45, 7) is 3.64. The minimum absolute atomic E-state index is 0.0156. The molecule has 1 aromatic rings. The van der Waals surface area contributed by atoms with E-state index in [2.05, 4.69) is 6.58 Å². The molecule has 70 valence electrons. The van der Waals surface area contributed by atoms with E-state index in [1.165, 1.54) is 12.1 Å². The standard InChI is InChI=1S/C11H13FO/c1-3-4-11(13-2)9-5-7-10(12)8-6-9/h3,5-8,11H,1,4H2,2H3. The summed E-state index contributed by atoms with van der Waals surface area (Å²) in [6, 6.07) is 6.33. The SMILES string of the molecule is C=CCC(OC)c1ccc(F)cc1. The highest BCUT2D eigenvalue weighted by Crippen LogP contribution is 2.20. The molecule has 0 radical (unpaired) electrons. The largest absolute Gasteiger partial charge is 0.376 e. The van der Waals surface area contributed by atoms with E-state index in [1.807, 2.05) is 0 Å². The lowest BCUT2D eigenvalue weighted by Crippen LogP contribution is -1.99. The second-order valence-corrected chi connectivity index (χ2v) is 2.80. The number of ether oxygens (including phenoxy) is 1. The van der Waals surface area contributed by atoms with Crippen LogP contribution in [-0.4, -0.2) is 7.11 Å². The average molecular weight is 180 g/mol. The molecule has 0 bridgehead atoms. The highest BCUT2D eigenvalue weighted by Gasteiger charge is 2.07. The molecule has 1 atom stereocenters. The molecular weight excluding hydrogens is 167 g/mol. The number of halogens is 1. The van der Waals surface area contributed by atoms with Crippen molar-refractivity contribution in [2.75, 3.05) is 7.11 Å². The molecular formula is C11H13FO. The van der Waals surface area contributed by atoms with Gasteiger partial charge >= 0.3 is 0 Å². The smallest absolute Gasteiger partial charge is 0.123 e. The zero-order chi connectivity index (χ0) is 9.68. The van der Waals surface area contributed by atoms with Crippen LogP contribution < -0.4 is 0 Å². The Morgan fingerprint density at radius 3 is 2.54 bits per heavy atom. The number of rotatable bonds is 4. The first-order valence-corrected chi connectivity index (χ1v) is 4.17. The van der Waals surface area contributed by atoms with E-state index < -0.39 is 0 Å². The second-order valence-electron chi connectivity index (χ2n) is 2.80. The van der Waals surface area contributed by atoms with Gasteiger partial charge in [0, 0.05) is 7.11 Å². The molecule has 0 heterocycles. The van der Waals surface area contributed by atoms with Crippen LogP contribution in [0.5, 0.6) is 0 Å². The van der Waals surface area contributed by atoms with E-state index in [1.54, 1.807) is 25.3 Å². The van der Waals surface area contributed by atoms with Gasteiger partial charge in [-0.3, -0.25) is 0 Å². The summed E-state index contributed by atoms with van der Waals surface area (Å²) in [6.07, 6.45) is 2.51. The number of methoxy groups -OCH3 is 1. The predicted molar refractivity (Wildman–Crippen MR) is 51.0 cm³/mol. The third kappa shape index (κ3) is 2.67. The van der Waals surface area contributed by atoms with Gasteiger partial charge in [0.05, 0.1) is 6.10 Å². The maximum absolute atomic E-state index is 12.6. The monoisotopic (exact) mass is 180 g/mol. The molecule has 0 N–H and O–H groups in total. The van der Waals surface area contributed by atoms with Crippen molar-refractivity contribution in [1.82, 2.24) is 0 Å². The van der Waals surface area contributed by atoms with Gasteiger partial charge < -0.3 is 4.74 Å². The summed E-state index contributed by atoms with van der Waals surface area (Å²) >= 11 is 0. The Balaban J connectivity index is 2.78. The molecule has 13 heavy (non-hydrogen) atoms. The molecule has 1 rings (SSSR count). The average Bonchev–Trinajstić information content (AvgIpc) is 2.16. The maximum Gasteiger partial charge on any atom is 0.123 e. The van der Waals surface area contributed by atoms with Crippen molar-refractivity contribution in [2.45, 2.75) is 12.5 Å². The lowest BCUT2D eigenvalue weighted by Gasteiger charge is -2.12. The zero-order valence-corrected chi connectivity index (χ0v) is 7.66. The lowest BCUT2D eigenvalue weighted by atomic mass is 10.1. The van der Waals surface area contributed by atoms with Crippen LogP contribution in [0.1, 0.15) is 18.1 Å². The van der Waals surface area contributed by atoms with Gasteiger partial charge in [-0.15, -0.1) is 6.58 Å². The Bertz CT molecular complexity index is 266. The fraction of sp³-hybridized carbons (Fsp3) is 0.273. The number of hydrogen-bond donors (Lipinski definition) is 0. The van der Waals surface area contributed by atoms with Crippen LogP contribution in [0, 0.1) is 5.82 Å². The molecule has 0 aliphatic heterocycles. The first-order valence-electron chi connectivity index (χ1n) is 4.17. The Morgan fingerprint density at radius 1 is 1.46 bits per heavy atom. The van der Waals surface area contributed by atoms with Crippen molar-refractivity contribution in [3.63, 3.8) is 0 Å². The second kappa shape index (κ2) is 4.77. The van der Waals surface area contributed by atoms with Crippen LogP contribution in [0.15, 0.2) is 36.9 Å². The molecule has 0 aliphatic carbocycles. The van der Waals surface area contributed by atoms with Gasteiger partial charge in [-0.2, -0.15) is 0 Å². The van der Waals surface area contributed by atoms with Crippen molar-refractivity contribution in [2.24, 2.45) is 0 Å². The topological polar surface area (TPSA) is 9.23 Å². The molecule has 0 saturated heterocycles. The van der Waals surface area contributed by atoms with Gasteiger partial charge in [0.1, 0.15) is 5.82 Å². The van der Waals surface area contributed by atoms with Crippen LogP contribution in [0.2, 0.25) is 0 Å². The van der Waals surface area contributed by atoms with Crippen molar-refractivity contribution < 1.29 is 9.13 Å². The first-order chi connectivity index (χ1) is 6.27. The molecule has 1 nitrogen and oxygen atoms in total. The molecule has 0 saturated carbocycles. The Hall–Kier alpha value is -1.15. The van der Waals surface area contributed by atoms with Crippen LogP contribution in [0.25, 0.3) is 0 Å². The number of benzene rings is 1. The quantitative estimate of drug-likeness (QED) is 0.647. The van der Waals surface area contributed by atoms with Crippen LogP contribution in [0.4, 0.5) is 4.39 Å². The highest BCUT2D eigenvalue weighted by atomic mass is 19.1. The Morgan fingerprint density at radius 2 is 2.08 bits per heavy atom. The summed E-state index contributed by atoms with van der Waals surface area (Å²) in [5.41, 5.74) is 0.976. The summed E-state index contributed by atoms with van der Waals surface area (Å²) in [7, 11) is 1.64. The Kier molecular flexibility index (Phi) is 3.65. The highest BCUT2D eigenvalue weighted by molar-refractivity contribution is 5.19. The molecule has 0 aliphatic rings.